The first-order chi connectivity index (χ1) is 6.24. The molecule has 0 atom stereocenters. The van der Waals surface area contributed by atoms with E-state index in [0.29, 0.717) is 0 Å². The minimum absolute atomic E-state index is 0.347. The third-order valence-electron chi connectivity index (χ3n) is 2.28. The highest BCUT2D eigenvalue weighted by Gasteiger charge is 2.04. The predicted octanol–water partition coefficient (Wildman–Crippen LogP) is 1.85. The lowest BCUT2D eigenvalue weighted by Gasteiger charge is -2.03. The Labute approximate surface area is 80.9 Å². The van der Waals surface area contributed by atoms with Crippen molar-refractivity contribution in [3.63, 3.8) is 0 Å². The van der Waals surface area contributed by atoms with Crippen LogP contribution in [-0.4, -0.2) is 11.9 Å². The zero-order valence-electron chi connectivity index (χ0n) is 8.46. The van der Waals surface area contributed by atoms with E-state index in [4.69, 9.17) is 0 Å². The fourth-order valence-electron chi connectivity index (χ4n) is 1.34. The van der Waals surface area contributed by atoms with Crippen LogP contribution in [-0.2, 0) is 6.42 Å². The van der Waals surface area contributed by atoms with Crippen LogP contribution in [0.2, 0.25) is 6.82 Å². The van der Waals surface area contributed by atoms with Gasteiger partial charge in [-0.25, -0.2) is 0 Å². The number of rotatable bonds is 4. The topological polar surface area (TPSA) is 20.2 Å². The lowest BCUT2D eigenvalue weighted by atomic mass is 9.64. The molecule has 1 rings (SSSR count). The van der Waals surface area contributed by atoms with Crippen LogP contribution in [0.3, 0.4) is 0 Å². The van der Waals surface area contributed by atoms with E-state index in [0.717, 1.165) is 11.9 Å². The van der Waals surface area contributed by atoms with Gasteiger partial charge in [-0.1, -0.05) is 44.4 Å². The van der Waals surface area contributed by atoms with Crippen molar-refractivity contribution in [3.8, 4) is 0 Å². The van der Waals surface area contributed by atoms with E-state index in [1.54, 1.807) is 6.82 Å². The smallest absolute Gasteiger partial charge is 0.320 e. The number of hydrogen-bond donors (Lipinski definition) is 1. The van der Waals surface area contributed by atoms with Crippen LogP contribution in [0.4, 0.5) is 0 Å². The zero-order chi connectivity index (χ0) is 9.68. The molecule has 2 heteroatoms. The molecule has 13 heavy (non-hydrogen) atoms. The largest absolute Gasteiger partial charge is 0.447 e. The van der Waals surface area contributed by atoms with Gasteiger partial charge in [-0.05, 0) is 23.9 Å². The Hall–Kier alpha value is -0.755. The Morgan fingerprint density at radius 3 is 2.31 bits per heavy atom. The highest BCUT2D eigenvalue weighted by molar-refractivity contribution is 6.64. The number of aryl methyl sites for hydroxylation is 1. The normalized spacial score (nSPS) is 10.1. The first kappa shape index (κ1) is 10.3. The molecule has 1 aromatic carbocycles. The number of unbranched alkanes of at least 4 members (excludes halogenated alkanes) is 1. The second kappa shape index (κ2) is 5.08. The summed E-state index contributed by atoms with van der Waals surface area (Å²) in [5.74, 6) is 0. The van der Waals surface area contributed by atoms with Crippen LogP contribution in [0.25, 0.3) is 0 Å². The lowest BCUT2D eigenvalue weighted by Crippen LogP contribution is -2.25. The van der Waals surface area contributed by atoms with Crippen LogP contribution >= 0.6 is 0 Å². The Kier molecular flexibility index (Phi) is 4.03. The quantitative estimate of drug-likeness (QED) is 0.694. The zero-order valence-corrected chi connectivity index (χ0v) is 8.46. The third kappa shape index (κ3) is 3.23. The van der Waals surface area contributed by atoms with Gasteiger partial charge in [0.25, 0.3) is 0 Å². The van der Waals surface area contributed by atoms with E-state index in [1.165, 1.54) is 18.4 Å². The van der Waals surface area contributed by atoms with Crippen molar-refractivity contribution < 1.29 is 5.02 Å². The molecule has 1 nitrogen and oxygen atoms in total. The van der Waals surface area contributed by atoms with Crippen LogP contribution in [0.5, 0.6) is 0 Å². The van der Waals surface area contributed by atoms with Crippen molar-refractivity contribution >= 4 is 12.4 Å². The minimum Gasteiger partial charge on any atom is -0.447 e. The standard InChI is InChI=1S/C11H17BO/c1-3-4-5-10-6-8-11(9-7-10)12(2)13/h6-9,13H,3-5H2,1-2H3. The molecule has 0 amide bonds. The van der Waals surface area contributed by atoms with E-state index in [2.05, 4.69) is 19.1 Å². The molecule has 1 N–H and O–H groups in total. The first-order valence-electron chi connectivity index (χ1n) is 5.01. The van der Waals surface area contributed by atoms with Crippen LogP contribution in [0.1, 0.15) is 25.3 Å². The molecule has 0 saturated carbocycles. The summed E-state index contributed by atoms with van der Waals surface area (Å²) in [4.78, 5) is 0. The summed E-state index contributed by atoms with van der Waals surface area (Å²) in [5, 5.41) is 9.29. The maximum atomic E-state index is 9.29. The van der Waals surface area contributed by atoms with Gasteiger partial charge in [0.05, 0.1) is 0 Å². The predicted molar refractivity (Wildman–Crippen MR) is 58.5 cm³/mol. The van der Waals surface area contributed by atoms with Gasteiger partial charge in [-0.2, -0.15) is 0 Å². The molecule has 1 aromatic rings. The fourth-order valence-corrected chi connectivity index (χ4v) is 1.34. The third-order valence-corrected chi connectivity index (χ3v) is 2.28. The van der Waals surface area contributed by atoms with Gasteiger partial charge in [0.1, 0.15) is 0 Å². The minimum atomic E-state index is -0.347. The summed E-state index contributed by atoms with van der Waals surface area (Å²) in [5.41, 5.74) is 2.37. The van der Waals surface area contributed by atoms with Crippen molar-refractivity contribution in [1.29, 1.82) is 0 Å². The summed E-state index contributed by atoms with van der Waals surface area (Å²) in [7, 11) is 0. The second-order valence-electron chi connectivity index (χ2n) is 3.52. The lowest BCUT2D eigenvalue weighted by molar-refractivity contribution is 0.594. The molecule has 0 unspecified atom stereocenters. The molecule has 0 aliphatic heterocycles. The molecule has 70 valence electrons. The maximum absolute atomic E-state index is 9.29. The maximum Gasteiger partial charge on any atom is 0.320 e. The summed E-state index contributed by atoms with van der Waals surface area (Å²) in [6.07, 6.45) is 3.63. The summed E-state index contributed by atoms with van der Waals surface area (Å²) in [6.45, 7) is 3.64. The van der Waals surface area contributed by atoms with Gasteiger partial charge in [0.2, 0.25) is 0 Å². The summed E-state index contributed by atoms with van der Waals surface area (Å²) < 4.78 is 0. The Bertz CT molecular complexity index is 241. The molecule has 0 radical (unpaired) electrons. The number of benzene rings is 1. The average Bonchev–Trinajstić information content (AvgIpc) is 2.15. The van der Waals surface area contributed by atoms with Crippen LogP contribution in [0, 0.1) is 0 Å². The Morgan fingerprint density at radius 1 is 1.23 bits per heavy atom. The van der Waals surface area contributed by atoms with Crippen molar-refractivity contribution in [3.05, 3.63) is 29.8 Å². The van der Waals surface area contributed by atoms with Crippen LogP contribution < -0.4 is 5.46 Å². The molecule has 0 saturated heterocycles. The summed E-state index contributed by atoms with van der Waals surface area (Å²) >= 11 is 0. The van der Waals surface area contributed by atoms with Gasteiger partial charge in [0.15, 0.2) is 0 Å². The highest BCUT2D eigenvalue weighted by Crippen LogP contribution is 2.03. The Morgan fingerprint density at radius 2 is 1.85 bits per heavy atom. The summed E-state index contributed by atoms with van der Waals surface area (Å²) in [6, 6.07) is 8.24. The second-order valence-corrected chi connectivity index (χ2v) is 3.52. The van der Waals surface area contributed by atoms with Gasteiger partial charge >= 0.3 is 6.92 Å². The van der Waals surface area contributed by atoms with Crippen molar-refractivity contribution in [1.82, 2.24) is 0 Å². The highest BCUT2D eigenvalue weighted by atomic mass is 16.2. The molecular weight excluding hydrogens is 159 g/mol. The Balaban J connectivity index is 2.59. The fraction of sp³-hybridized carbons (Fsp3) is 0.455. The molecule has 0 aromatic heterocycles. The van der Waals surface area contributed by atoms with E-state index < -0.39 is 0 Å². The monoisotopic (exact) mass is 176 g/mol. The van der Waals surface area contributed by atoms with Gasteiger partial charge in [-0.15, -0.1) is 0 Å². The van der Waals surface area contributed by atoms with Crippen molar-refractivity contribution in [2.75, 3.05) is 0 Å². The van der Waals surface area contributed by atoms with Crippen molar-refractivity contribution in [2.45, 2.75) is 33.0 Å². The van der Waals surface area contributed by atoms with E-state index in [1.807, 2.05) is 12.1 Å². The van der Waals surface area contributed by atoms with E-state index in [9.17, 15) is 5.02 Å². The van der Waals surface area contributed by atoms with E-state index in [-0.39, 0.29) is 6.92 Å². The average molecular weight is 176 g/mol. The van der Waals surface area contributed by atoms with Gasteiger partial charge in [0, 0.05) is 0 Å². The molecule has 0 fully saturated rings. The van der Waals surface area contributed by atoms with E-state index >= 15 is 0 Å². The van der Waals surface area contributed by atoms with Crippen molar-refractivity contribution in [2.24, 2.45) is 0 Å². The molecule has 0 heterocycles. The number of hydrogen-bond acceptors (Lipinski definition) is 1. The molecule has 0 spiro atoms. The molecule has 0 aliphatic carbocycles. The molecule has 0 aliphatic rings. The first-order valence-corrected chi connectivity index (χ1v) is 5.01. The SMILES string of the molecule is CCCCc1ccc(B(C)O)cc1. The van der Waals surface area contributed by atoms with Gasteiger partial charge < -0.3 is 5.02 Å². The van der Waals surface area contributed by atoms with Gasteiger partial charge in [-0.3, -0.25) is 0 Å². The molecule has 0 bridgehead atoms. The molecular formula is C11H17BO. The van der Waals surface area contributed by atoms with Crippen LogP contribution in [0.15, 0.2) is 24.3 Å².